The van der Waals surface area contributed by atoms with Crippen LogP contribution in [0.1, 0.15) is 51.5 Å². The summed E-state index contributed by atoms with van der Waals surface area (Å²) in [6.07, 6.45) is 2.85. The standard InChI is InChI=1S/C13H22N4OS/c1-13(2,3)16-9(18)6-7-15-12-10(8-4-5-8)11(14)17-19-12/h8,15H,4-7H2,1-3H3,(H2,14,17)(H,16,18). The third-order valence-electron chi connectivity index (χ3n) is 2.89. The summed E-state index contributed by atoms with van der Waals surface area (Å²) < 4.78 is 4.19. The van der Waals surface area contributed by atoms with E-state index < -0.39 is 0 Å². The second-order valence-electron chi connectivity index (χ2n) is 6.06. The number of aromatic nitrogens is 1. The van der Waals surface area contributed by atoms with Gasteiger partial charge >= 0.3 is 0 Å². The molecular formula is C13H22N4OS. The number of nitrogens with zero attached hydrogens (tertiary/aromatic N) is 1. The molecule has 0 spiro atoms. The summed E-state index contributed by atoms with van der Waals surface area (Å²) in [7, 11) is 0. The van der Waals surface area contributed by atoms with Gasteiger partial charge in [0.1, 0.15) is 10.8 Å². The molecule has 1 amide bonds. The van der Waals surface area contributed by atoms with Crippen LogP contribution in [-0.4, -0.2) is 22.4 Å². The van der Waals surface area contributed by atoms with E-state index in [9.17, 15) is 4.79 Å². The van der Waals surface area contributed by atoms with Crippen LogP contribution in [0.3, 0.4) is 0 Å². The van der Waals surface area contributed by atoms with Crippen LogP contribution < -0.4 is 16.4 Å². The van der Waals surface area contributed by atoms with Crippen LogP contribution in [0.2, 0.25) is 0 Å². The van der Waals surface area contributed by atoms with E-state index >= 15 is 0 Å². The normalized spacial score (nSPS) is 15.3. The number of nitrogen functional groups attached to an aromatic ring is 1. The summed E-state index contributed by atoms with van der Waals surface area (Å²) in [5, 5.41) is 7.26. The third kappa shape index (κ3) is 4.09. The van der Waals surface area contributed by atoms with Gasteiger partial charge in [0.05, 0.1) is 0 Å². The molecule has 1 heterocycles. The molecule has 0 radical (unpaired) electrons. The lowest BCUT2D eigenvalue weighted by Crippen LogP contribution is -2.41. The predicted octanol–water partition coefficient (Wildman–Crippen LogP) is 2.32. The minimum absolute atomic E-state index is 0.0606. The second kappa shape index (κ2) is 5.36. The molecular weight excluding hydrogens is 260 g/mol. The van der Waals surface area contributed by atoms with Gasteiger partial charge < -0.3 is 16.4 Å². The summed E-state index contributed by atoms with van der Waals surface area (Å²) in [4.78, 5) is 11.7. The van der Waals surface area contributed by atoms with Crippen molar-refractivity contribution in [1.82, 2.24) is 9.69 Å². The Bertz CT molecular complexity index is 460. The fourth-order valence-electron chi connectivity index (χ4n) is 1.97. The Balaban J connectivity index is 1.81. The monoisotopic (exact) mass is 282 g/mol. The smallest absolute Gasteiger partial charge is 0.222 e. The number of carbonyl (C=O) groups excluding carboxylic acids is 1. The van der Waals surface area contributed by atoms with Gasteiger partial charge in [-0.15, -0.1) is 0 Å². The predicted molar refractivity (Wildman–Crippen MR) is 79.5 cm³/mol. The van der Waals surface area contributed by atoms with Crippen molar-refractivity contribution in [2.75, 3.05) is 17.6 Å². The molecule has 1 aromatic rings. The highest BCUT2D eigenvalue weighted by atomic mass is 32.1. The minimum Gasteiger partial charge on any atom is -0.383 e. The van der Waals surface area contributed by atoms with Crippen LogP contribution >= 0.6 is 11.5 Å². The lowest BCUT2D eigenvalue weighted by atomic mass is 10.1. The molecule has 0 saturated heterocycles. The highest BCUT2D eigenvalue weighted by Gasteiger charge is 2.30. The van der Waals surface area contributed by atoms with E-state index in [1.165, 1.54) is 24.4 Å². The lowest BCUT2D eigenvalue weighted by Gasteiger charge is -2.20. The van der Waals surface area contributed by atoms with Gasteiger partial charge in [0, 0.05) is 24.1 Å². The van der Waals surface area contributed by atoms with E-state index in [0.717, 1.165) is 10.6 Å². The van der Waals surface area contributed by atoms with Crippen molar-refractivity contribution in [2.45, 2.75) is 51.5 Å². The van der Waals surface area contributed by atoms with Crippen LogP contribution in [0.4, 0.5) is 10.8 Å². The lowest BCUT2D eigenvalue weighted by molar-refractivity contribution is -0.122. The van der Waals surface area contributed by atoms with Crippen molar-refractivity contribution in [2.24, 2.45) is 0 Å². The second-order valence-corrected chi connectivity index (χ2v) is 6.83. The Labute approximate surface area is 118 Å². The summed E-state index contributed by atoms with van der Waals surface area (Å²) >= 11 is 1.39. The Morgan fingerprint density at radius 2 is 2.16 bits per heavy atom. The number of hydrogen-bond acceptors (Lipinski definition) is 5. The van der Waals surface area contributed by atoms with E-state index in [2.05, 4.69) is 15.0 Å². The first-order valence-corrected chi connectivity index (χ1v) is 7.44. The SMILES string of the molecule is CC(C)(C)NC(=O)CCNc1snc(N)c1C1CC1. The molecule has 6 heteroatoms. The van der Waals surface area contributed by atoms with E-state index in [0.29, 0.717) is 24.7 Å². The molecule has 1 aliphatic rings. The fourth-order valence-corrected chi connectivity index (χ4v) is 2.80. The van der Waals surface area contributed by atoms with E-state index in [-0.39, 0.29) is 11.4 Å². The molecule has 106 valence electrons. The van der Waals surface area contributed by atoms with Crippen LogP contribution in [0, 0.1) is 0 Å². The van der Waals surface area contributed by atoms with Crippen molar-refractivity contribution in [3.63, 3.8) is 0 Å². The number of rotatable bonds is 5. The van der Waals surface area contributed by atoms with Crippen molar-refractivity contribution < 1.29 is 4.79 Å². The molecule has 1 aliphatic carbocycles. The number of nitrogens with two attached hydrogens (primary N) is 1. The van der Waals surface area contributed by atoms with Gasteiger partial charge in [0.2, 0.25) is 5.91 Å². The highest BCUT2D eigenvalue weighted by molar-refractivity contribution is 7.10. The zero-order chi connectivity index (χ0) is 14.0. The number of hydrogen-bond donors (Lipinski definition) is 3. The molecule has 0 aliphatic heterocycles. The molecule has 4 N–H and O–H groups in total. The molecule has 1 fully saturated rings. The number of carbonyl (C=O) groups is 1. The molecule has 2 rings (SSSR count). The molecule has 0 unspecified atom stereocenters. The summed E-state index contributed by atoms with van der Waals surface area (Å²) in [5.74, 6) is 1.28. The van der Waals surface area contributed by atoms with Gasteiger partial charge in [-0.25, -0.2) is 0 Å². The van der Waals surface area contributed by atoms with Gasteiger partial charge in [-0.1, -0.05) is 0 Å². The largest absolute Gasteiger partial charge is 0.383 e. The average Bonchev–Trinajstić information content (AvgIpc) is 3.02. The maximum Gasteiger partial charge on any atom is 0.222 e. The fraction of sp³-hybridized carbons (Fsp3) is 0.692. The first kappa shape index (κ1) is 14.1. The highest BCUT2D eigenvalue weighted by Crippen LogP contribution is 2.47. The van der Waals surface area contributed by atoms with Gasteiger partial charge in [-0.05, 0) is 51.1 Å². The summed E-state index contributed by atoms with van der Waals surface area (Å²) in [5.41, 5.74) is 6.86. The maximum absolute atomic E-state index is 11.7. The molecule has 0 atom stereocenters. The van der Waals surface area contributed by atoms with Crippen molar-refractivity contribution in [1.29, 1.82) is 0 Å². The van der Waals surface area contributed by atoms with Crippen LogP contribution in [0.25, 0.3) is 0 Å². The van der Waals surface area contributed by atoms with Gasteiger partial charge in [-0.2, -0.15) is 4.37 Å². The third-order valence-corrected chi connectivity index (χ3v) is 3.73. The van der Waals surface area contributed by atoms with Gasteiger partial charge in [0.25, 0.3) is 0 Å². The van der Waals surface area contributed by atoms with Crippen molar-refractivity contribution in [3.05, 3.63) is 5.56 Å². The topological polar surface area (TPSA) is 80.0 Å². The zero-order valence-corrected chi connectivity index (χ0v) is 12.6. The molecule has 0 aromatic carbocycles. The number of amides is 1. The molecule has 0 bridgehead atoms. The summed E-state index contributed by atoms with van der Waals surface area (Å²) in [6.45, 7) is 6.55. The first-order chi connectivity index (χ1) is 8.87. The number of nitrogens with one attached hydrogen (secondary N) is 2. The van der Waals surface area contributed by atoms with Crippen LogP contribution in [0.5, 0.6) is 0 Å². The molecule has 19 heavy (non-hydrogen) atoms. The Morgan fingerprint density at radius 1 is 1.47 bits per heavy atom. The average molecular weight is 282 g/mol. The Hall–Kier alpha value is -1.30. The first-order valence-electron chi connectivity index (χ1n) is 6.67. The van der Waals surface area contributed by atoms with Crippen molar-refractivity contribution >= 4 is 28.3 Å². The van der Waals surface area contributed by atoms with Crippen molar-refractivity contribution in [3.8, 4) is 0 Å². The summed E-state index contributed by atoms with van der Waals surface area (Å²) in [6, 6.07) is 0. The minimum atomic E-state index is -0.175. The Kier molecular flexibility index (Phi) is 3.99. The molecule has 5 nitrogen and oxygen atoms in total. The van der Waals surface area contributed by atoms with Gasteiger partial charge in [-0.3, -0.25) is 4.79 Å². The van der Waals surface area contributed by atoms with Crippen LogP contribution in [0.15, 0.2) is 0 Å². The maximum atomic E-state index is 11.7. The molecule has 1 aromatic heterocycles. The van der Waals surface area contributed by atoms with E-state index in [1.54, 1.807) is 0 Å². The van der Waals surface area contributed by atoms with Crippen LogP contribution in [-0.2, 0) is 4.79 Å². The van der Waals surface area contributed by atoms with E-state index in [1.807, 2.05) is 20.8 Å². The quantitative estimate of drug-likeness (QED) is 0.774. The Morgan fingerprint density at radius 3 is 2.74 bits per heavy atom. The molecule has 1 saturated carbocycles. The van der Waals surface area contributed by atoms with Gasteiger partial charge in [0.15, 0.2) is 0 Å². The number of anilines is 2. The van der Waals surface area contributed by atoms with E-state index in [4.69, 9.17) is 5.73 Å². The zero-order valence-electron chi connectivity index (χ0n) is 11.7.